The van der Waals surface area contributed by atoms with Gasteiger partial charge in [0.1, 0.15) is 0 Å². The SMILES string of the molecule is CCCCC(C)(O)CCl. The van der Waals surface area contributed by atoms with Gasteiger partial charge >= 0.3 is 0 Å². The zero-order valence-corrected chi connectivity index (χ0v) is 6.91. The quantitative estimate of drug-likeness (QED) is 0.609. The van der Waals surface area contributed by atoms with Crippen LogP contribution in [-0.4, -0.2) is 16.6 Å². The first-order valence-electron chi connectivity index (χ1n) is 3.41. The number of halogens is 1. The van der Waals surface area contributed by atoms with E-state index in [1.54, 1.807) is 6.92 Å². The van der Waals surface area contributed by atoms with Gasteiger partial charge in [-0.25, -0.2) is 0 Å². The van der Waals surface area contributed by atoms with Gasteiger partial charge in [0.25, 0.3) is 0 Å². The molecule has 0 aromatic rings. The summed E-state index contributed by atoms with van der Waals surface area (Å²) in [5, 5.41) is 9.32. The molecule has 0 aliphatic carbocycles. The van der Waals surface area contributed by atoms with E-state index >= 15 is 0 Å². The van der Waals surface area contributed by atoms with E-state index in [2.05, 4.69) is 6.92 Å². The fourth-order valence-corrected chi connectivity index (χ4v) is 0.758. The van der Waals surface area contributed by atoms with Gasteiger partial charge in [0.05, 0.1) is 11.5 Å². The fourth-order valence-electron chi connectivity index (χ4n) is 0.624. The third-order valence-electron chi connectivity index (χ3n) is 1.36. The maximum Gasteiger partial charge on any atom is 0.0754 e. The Balaban J connectivity index is 3.33. The van der Waals surface area contributed by atoms with Crippen molar-refractivity contribution >= 4 is 11.6 Å². The zero-order chi connectivity index (χ0) is 7.33. The van der Waals surface area contributed by atoms with E-state index < -0.39 is 5.60 Å². The Kier molecular flexibility index (Phi) is 4.24. The van der Waals surface area contributed by atoms with Gasteiger partial charge in [-0.05, 0) is 13.3 Å². The highest BCUT2D eigenvalue weighted by Gasteiger charge is 2.16. The molecule has 2 heteroatoms. The number of hydrogen-bond donors (Lipinski definition) is 1. The van der Waals surface area contributed by atoms with E-state index in [9.17, 15) is 5.11 Å². The van der Waals surface area contributed by atoms with Crippen molar-refractivity contribution in [1.82, 2.24) is 0 Å². The minimum absolute atomic E-state index is 0.340. The number of aliphatic hydroxyl groups is 1. The van der Waals surface area contributed by atoms with Crippen LogP contribution < -0.4 is 0 Å². The average molecular weight is 151 g/mol. The first kappa shape index (κ1) is 9.25. The van der Waals surface area contributed by atoms with Crippen molar-refractivity contribution in [2.45, 2.75) is 38.7 Å². The van der Waals surface area contributed by atoms with Gasteiger partial charge in [-0.1, -0.05) is 19.8 Å². The first-order valence-corrected chi connectivity index (χ1v) is 3.94. The molecule has 1 nitrogen and oxygen atoms in total. The molecule has 0 rings (SSSR count). The number of rotatable bonds is 4. The topological polar surface area (TPSA) is 20.2 Å². The number of unbranched alkanes of at least 4 members (excludes halogenated alkanes) is 1. The molecule has 0 aliphatic heterocycles. The largest absolute Gasteiger partial charge is 0.389 e. The van der Waals surface area contributed by atoms with Gasteiger partial charge in [-0.2, -0.15) is 0 Å². The Morgan fingerprint density at radius 1 is 1.56 bits per heavy atom. The van der Waals surface area contributed by atoms with Crippen molar-refractivity contribution in [2.24, 2.45) is 0 Å². The molecule has 0 aliphatic rings. The van der Waals surface area contributed by atoms with E-state index in [0.29, 0.717) is 5.88 Å². The van der Waals surface area contributed by atoms with Crippen LogP contribution in [0.1, 0.15) is 33.1 Å². The summed E-state index contributed by atoms with van der Waals surface area (Å²) >= 11 is 5.48. The molecule has 0 spiro atoms. The number of hydrogen-bond acceptors (Lipinski definition) is 1. The highest BCUT2D eigenvalue weighted by molar-refractivity contribution is 6.18. The maximum absolute atomic E-state index is 9.32. The highest BCUT2D eigenvalue weighted by atomic mass is 35.5. The van der Waals surface area contributed by atoms with Gasteiger partial charge in [-0.3, -0.25) is 0 Å². The first-order chi connectivity index (χ1) is 4.12. The van der Waals surface area contributed by atoms with Crippen LogP contribution >= 0.6 is 11.6 Å². The van der Waals surface area contributed by atoms with Crippen LogP contribution in [0.5, 0.6) is 0 Å². The Hall–Kier alpha value is 0.250. The summed E-state index contributed by atoms with van der Waals surface area (Å²) in [7, 11) is 0. The second-order valence-electron chi connectivity index (χ2n) is 2.73. The standard InChI is InChI=1S/C7H15ClO/c1-3-4-5-7(2,9)6-8/h9H,3-6H2,1-2H3. The molecule has 1 N–H and O–H groups in total. The van der Waals surface area contributed by atoms with E-state index in [1.807, 2.05) is 0 Å². The molecule has 0 bridgehead atoms. The monoisotopic (exact) mass is 150 g/mol. The van der Waals surface area contributed by atoms with Crippen molar-refractivity contribution < 1.29 is 5.11 Å². The highest BCUT2D eigenvalue weighted by Crippen LogP contribution is 2.14. The summed E-state index contributed by atoms with van der Waals surface area (Å²) in [5.74, 6) is 0.340. The predicted molar refractivity (Wildman–Crippen MR) is 40.9 cm³/mol. The van der Waals surface area contributed by atoms with Gasteiger partial charge < -0.3 is 5.11 Å². The Bertz CT molecular complexity index is 71.3. The normalized spacial score (nSPS) is 17.3. The molecular formula is C7H15ClO. The molecule has 9 heavy (non-hydrogen) atoms. The summed E-state index contributed by atoms with van der Waals surface area (Å²) in [6, 6.07) is 0. The minimum atomic E-state index is -0.641. The third-order valence-corrected chi connectivity index (χ3v) is 1.93. The molecule has 0 aromatic carbocycles. The second-order valence-corrected chi connectivity index (χ2v) is 3.00. The predicted octanol–water partition coefficient (Wildman–Crippen LogP) is 2.17. The summed E-state index contributed by atoms with van der Waals surface area (Å²) in [6.07, 6.45) is 2.99. The van der Waals surface area contributed by atoms with Crippen molar-refractivity contribution in [1.29, 1.82) is 0 Å². The minimum Gasteiger partial charge on any atom is -0.389 e. The summed E-state index contributed by atoms with van der Waals surface area (Å²) < 4.78 is 0. The molecule has 1 atom stereocenters. The van der Waals surface area contributed by atoms with Crippen molar-refractivity contribution in [3.8, 4) is 0 Å². The van der Waals surface area contributed by atoms with Crippen molar-refractivity contribution in [3.63, 3.8) is 0 Å². The second kappa shape index (κ2) is 4.13. The maximum atomic E-state index is 9.32. The van der Waals surface area contributed by atoms with E-state index in [-0.39, 0.29) is 0 Å². The van der Waals surface area contributed by atoms with Crippen LogP contribution in [0.2, 0.25) is 0 Å². The lowest BCUT2D eigenvalue weighted by molar-refractivity contribution is 0.0722. The molecule has 0 heterocycles. The summed E-state index contributed by atoms with van der Waals surface area (Å²) in [4.78, 5) is 0. The van der Waals surface area contributed by atoms with Gasteiger partial charge in [0.15, 0.2) is 0 Å². The van der Waals surface area contributed by atoms with Crippen molar-refractivity contribution in [2.75, 3.05) is 5.88 Å². The molecular weight excluding hydrogens is 136 g/mol. The van der Waals surface area contributed by atoms with Crippen LogP contribution in [0, 0.1) is 0 Å². The molecule has 0 aromatic heterocycles. The number of alkyl halides is 1. The molecule has 1 unspecified atom stereocenters. The van der Waals surface area contributed by atoms with Crippen LogP contribution in [0.4, 0.5) is 0 Å². The summed E-state index contributed by atoms with van der Waals surface area (Å²) in [6.45, 7) is 3.87. The fraction of sp³-hybridized carbons (Fsp3) is 1.00. The molecule has 0 amide bonds. The molecule has 0 radical (unpaired) electrons. The van der Waals surface area contributed by atoms with Crippen LogP contribution in [0.15, 0.2) is 0 Å². The van der Waals surface area contributed by atoms with E-state index in [4.69, 9.17) is 11.6 Å². The third kappa shape index (κ3) is 4.73. The Morgan fingerprint density at radius 2 is 2.11 bits per heavy atom. The molecule has 0 saturated carbocycles. The summed E-state index contributed by atoms with van der Waals surface area (Å²) in [5.41, 5.74) is -0.641. The lowest BCUT2D eigenvalue weighted by Gasteiger charge is -2.18. The smallest absolute Gasteiger partial charge is 0.0754 e. The molecule has 0 fully saturated rings. The van der Waals surface area contributed by atoms with Crippen LogP contribution in [-0.2, 0) is 0 Å². The van der Waals surface area contributed by atoms with Crippen molar-refractivity contribution in [3.05, 3.63) is 0 Å². The lowest BCUT2D eigenvalue weighted by Crippen LogP contribution is -2.25. The average Bonchev–Trinajstić information content (AvgIpc) is 1.84. The van der Waals surface area contributed by atoms with Crippen LogP contribution in [0.25, 0.3) is 0 Å². The van der Waals surface area contributed by atoms with Crippen LogP contribution in [0.3, 0.4) is 0 Å². The molecule has 0 saturated heterocycles. The van der Waals surface area contributed by atoms with Gasteiger partial charge in [0.2, 0.25) is 0 Å². The lowest BCUT2D eigenvalue weighted by atomic mass is 10.0. The van der Waals surface area contributed by atoms with Gasteiger partial charge in [-0.15, -0.1) is 11.6 Å². The zero-order valence-electron chi connectivity index (χ0n) is 6.15. The Morgan fingerprint density at radius 3 is 2.44 bits per heavy atom. The Labute approximate surface area is 62.0 Å². The van der Waals surface area contributed by atoms with Gasteiger partial charge in [0, 0.05) is 0 Å². The molecule has 56 valence electrons. The van der Waals surface area contributed by atoms with E-state index in [0.717, 1.165) is 19.3 Å². The van der Waals surface area contributed by atoms with E-state index in [1.165, 1.54) is 0 Å².